The summed E-state index contributed by atoms with van der Waals surface area (Å²) in [4.78, 5) is 11.7. The van der Waals surface area contributed by atoms with Crippen molar-refractivity contribution in [3.63, 3.8) is 0 Å². The first kappa shape index (κ1) is 15.5. The van der Waals surface area contributed by atoms with E-state index in [2.05, 4.69) is 0 Å². The Morgan fingerprint density at radius 3 is 2.58 bits per heavy atom. The number of phenolic OH excluding ortho intramolecular Hbond substituents is 1. The molecule has 0 spiro atoms. The molecule has 106 valence electrons. The Hall–Kier alpha value is -1.59. The van der Waals surface area contributed by atoms with Crippen LogP contribution in [0.3, 0.4) is 0 Å². The fraction of sp³-hybridized carbons (Fsp3) is 0.500. The molecule has 0 saturated carbocycles. The van der Waals surface area contributed by atoms with E-state index in [9.17, 15) is 4.79 Å². The van der Waals surface area contributed by atoms with Gasteiger partial charge in [0.05, 0.1) is 6.61 Å². The number of esters is 1. The van der Waals surface area contributed by atoms with Crippen LogP contribution in [0.2, 0.25) is 0 Å². The molecule has 0 saturated heterocycles. The summed E-state index contributed by atoms with van der Waals surface area (Å²) in [6.45, 7) is 4.60. The van der Waals surface area contributed by atoms with Crippen molar-refractivity contribution in [2.24, 2.45) is 5.73 Å². The van der Waals surface area contributed by atoms with Gasteiger partial charge >= 0.3 is 5.97 Å². The summed E-state index contributed by atoms with van der Waals surface area (Å²) in [5.74, 6) is -0.259. The third-order valence-corrected chi connectivity index (χ3v) is 2.57. The zero-order valence-electron chi connectivity index (χ0n) is 11.3. The van der Waals surface area contributed by atoms with Gasteiger partial charge < -0.3 is 20.3 Å². The fourth-order valence-corrected chi connectivity index (χ4v) is 1.57. The Bertz CT molecular complexity index is 391. The van der Waals surface area contributed by atoms with Crippen molar-refractivity contribution in [3.8, 4) is 5.75 Å². The van der Waals surface area contributed by atoms with Gasteiger partial charge in [-0.15, -0.1) is 0 Å². The van der Waals surface area contributed by atoms with Gasteiger partial charge in [-0.1, -0.05) is 12.1 Å². The SMILES string of the molecule is CCOCC(C)OC(=O)C(N)Cc1ccc(O)cc1. The van der Waals surface area contributed by atoms with Crippen LogP contribution < -0.4 is 5.73 Å². The molecule has 5 heteroatoms. The summed E-state index contributed by atoms with van der Waals surface area (Å²) >= 11 is 0. The maximum absolute atomic E-state index is 11.7. The van der Waals surface area contributed by atoms with Crippen molar-refractivity contribution < 1.29 is 19.4 Å². The maximum atomic E-state index is 11.7. The lowest BCUT2D eigenvalue weighted by Crippen LogP contribution is -2.37. The lowest BCUT2D eigenvalue weighted by molar-refractivity contribution is -0.152. The first-order valence-corrected chi connectivity index (χ1v) is 6.34. The maximum Gasteiger partial charge on any atom is 0.323 e. The molecule has 0 amide bonds. The summed E-state index contributed by atoms with van der Waals surface area (Å²) in [6, 6.07) is 5.86. The van der Waals surface area contributed by atoms with Crippen LogP contribution in [0.5, 0.6) is 5.75 Å². The van der Waals surface area contributed by atoms with Gasteiger partial charge in [-0.3, -0.25) is 4.79 Å². The van der Waals surface area contributed by atoms with Gasteiger partial charge in [-0.05, 0) is 38.0 Å². The highest BCUT2D eigenvalue weighted by Gasteiger charge is 2.18. The molecule has 0 aliphatic heterocycles. The second-order valence-corrected chi connectivity index (χ2v) is 4.38. The molecule has 2 unspecified atom stereocenters. The summed E-state index contributed by atoms with van der Waals surface area (Å²) < 4.78 is 10.3. The van der Waals surface area contributed by atoms with E-state index in [1.54, 1.807) is 31.2 Å². The van der Waals surface area contributed by atoms with Crippen molar-refractivity contribution in [1.29, 1.82) is 0 Å². The summed E-state index contributed by atoms with van der Waals surface area (Å²) in [5, 5.41) is 9.16. The normalized spacial score (nSPS) is 13.8. The van der Waals surface area contributed by atoms with Gasteiger partial charge in [-0.25, -0.2) is 0 Å². The molecule has 5 nitrogen and oxygen atoms in total. The van der Waals surface area contributed by atoms with E-state index in [4.69, 9.17) is 20.3 Å². The molecule has 0 fully saturated rings. The number of hydrogen-bond acceptors (Lipinski definition) is 5. The predicted molar refractivity (Wildman–Crippen MR) is 71.8 cm³/mol. The van der Waals surface area contributed by atoms with Crippen molar-refractivity contribution in [1.82, 2.24) is 0 Å². The summed E-state index contributed by atoms with van der Waals surface area (Å²) in [6.07, 6.45) is 0.0684. The number of ether oxygens (including phenoxy) is 2. The minimum Gasteiger partial charge on any atom is -0.508 e. The summed E-state index contributed by atoms with van der Waals surface area (Å²) in [7, 11) is 0. The molecule has 2 atom stereocenters. The van der Waals surface area contributed by atoms with Crippen LogP contribution >= 0.6 is 0 Å². The average Bonchev–Trinajstić information content (AvgIpc) is 2.39. The molecule has 0 aliphatic carbocycles. The Morgan fingerprint density at radius 1 is 1.37 bits per heavy atom. The topological polar surface area (TPSA) is 81.8 Å². The minimum atomic E-state index is -0.714. The highest BCUT2D eigenvalue weighted by atomic mass is 16.6. The van der Waals surface area contributed by atoms with Crippen molar-refractivity contribution in [2.45, 2.75) is 32.4 Å². The van der Waals surface area contributed by atoms with Gasteiger partial charge in [0, 0.05) is 6.61 Å². The largest absolute Gasteiger partial charge is 0.508 e. The number of carbonyl (C=O) groups is 1. The minimum absolute atomic E-state index is 0.185. The fourth-order valence-electron chi connectivity index (χ4n) is 1.57. The smallest absolute Gasteiger partial charge is 0.323 e. The molecule has 0 heterocycles. The Labute approximate surface area is 113 Å². The molecule has 1 rings (SSSR count). The van der Waals surface area contributed by atoms with E-state index in [0.717, 1.165) is 5.56 Å². The van der Waals surface area contributed by atoms with Gasteiger partial charge in [-0.2, -0.15) is 0 Å². The lowest BCUT2D eigenvalue weighted by Gasteiger charge is -2.16. The first-order chi connectivity index (χ1) is 9.02. The van der Waals surface area contributed by atoms with Crippen LogP contribution in [0.4, 0.5) is 0 Å². The van der Waals surface area contributed by atoms with E-state index in [-0.39, 0.29) is 11.9 Å². The lowest BCUT2D eigenvalue weighted by atomic mass is 10.1. The zero-order chi connectivity index (χ0) is 14.3. The molecule has 0 bridgehead atoms. The Balaban J connectivity index is 2.42. The van der Waals surface area contributed by atoms with Crippen LogP contribution in [0.15, 0.2) is 24.3 Å². The third-order valence-electron chi connectivity index (χ3n) is 2.57. The number of rotatable bonds is 7. The highest BCUT2D eigenvalue weighted by Crippen LogP contribution is 2.11. The van der Waals surface area contributed by atoms with E-state index in [1.165, 1.54) is 0 Å². The molecule has 0 aliphatic rings. The third kappa shape index (κ3) is 5.72. The number of phenols is 1. The molecule has 3 N–H and O–H groups in total. The van der Waals surface area contributed by atoms with Crippen molar-refractivity contribution in [2.75, 3.05) is 13.2 Å². The number of hydrogen-bond donors (Lipinski definition) is 2. The monoisotopic (exact) mass is 267 g/mol. The van der Waals surface area contributed by atoms with E-state index < -0.39 is 12.0 Å². The highest BCUT2D eigenvalue weighted by molar-refractivity contribution is 5.76. The quantitative estimate of drug-likeness (QED) is 0.726. The molecule has 1 aromatic rings. The Kier molecular flexibility index (Phi) is 6.32. The molecule has 1 aromatic carbocycles. The van der Waals surface area contributed by atoms with Crippen LogP contribution in [-0.4, -0.2) is 36.4 Å². The van der Waals surface area contributed by atoms with Crippen LogP contribution in [0.1, 0.15) is 19.4 Å². The van der Waals surface area contributed by atoms with Gasteiger partial charge in [0.1, 0.15) is 17.9 Å². The molecular weight excluding hydrogens is 246 g/mol. The number of aromatic hydroxyl groups is 1. The standard InChI is InChI=1S/C14H21NO4/c1-3-18-9-10(2)19-14(17)13(15)8-11-4-6-12(16)7-5-11/h4-7,10,13,16H,3,8-9,15H2,1-2H3. The second kappa shape index (κ2) is 7.76. The van der Waals surface area contributed by atoms with E-state index >= 15 is 0 Å². The number of nitrogens with two attached hydrogens (primary N) is 1. The molecule has 0 aromatic heterocycles. The van der Waals surface area contributed by atoms with E-state index in [0.29, 0.717) is 19.6 Å². The zero-order valence-corrected chi connectivity index (χ0v) is 11.3. The average molecular weight is 267 g/mol. The Morgan fingerprint density at radius 2 is 2.00 bits per heavy atom. The van der Waals surface area contributed by atoms with Crippen molar-refractivity contribution in [3.05, 3.63) is 29.8 Å². The van der Waals surface area contributed by atoms with Gasteiger partial charge in [0.15, 0.2) is 0 Å². The summed E-state index contributed by atoms with van der Waals surface area (Å²) in [5.41, 5.74) is 6.66. The molecule has 0 radical (unpaired) electrons. The van der Waals surface area contributed by atoms with Gasteiger partial charge in [0.2, 0.25) is 0 Å². The van der Waals surface area contributed by atoms with Crippen LogP contribution in [-0.2, 0) is 20.7 Å². The number of benzene rings is 1. The molecule has 19 heavy (non-hydrogen) atoms. The van der Waals surface area contributed by atoms with Crippen LogP contribution in [0, 0.1) is 0 Å². The van der Waals surface area contributed by atoms with E-state index in [1.807, 2.05) is 6.92 Å². The predicted octanol–water partition coefficient (Wildman–Crippen LogP) is 1.23. The molecular formula is C14H21NO4. The first-order valence-electron chi connectivity index (χ1n) is 6.34. The number of carbonyl (C=O) groups excluding carboxylic acids is 1. The van der Waals surface area contributed by atoms with Crippen LogP contribution in [0.25, 0.3) is 0 Å². The van der Waals surface area contributed by atoms with Crippen molar-refractivity contribution >= 4 is 5.97 Å². The van der Waals surface area contributed by atoms with Gasteiger partial charge in [0.25, 0.3) is 0 Å². The second-order valence-electron chi connectivity index (χ2n) is 4.38.